The van der Waals surface area contributed by atoms with E-state index in [2.05, 4.69) is 25.7 Å². The highest BCUT2D eigenvalue weighted by Gasteiger charge is 2.67. The fourth-order valence-corrected chi connectivity index (χ4v) is 6.16. The zero-order valence-electron chi connectivity index (χ0n) is 11.7. The van der Waals surface area contributed by atoms with E-state index in [-0.39, 0.29) is 0 Å². The summed E-state index contributed by atoms with van der Waals surface area (Å²) in [6, 6.07) is 1.69. The van der Waals surface area contributed by atoms with Gasteiger partial charge in [0.15, 0.2) is 0 Å². The first kappa shape index (κ1) is 10.8. The summed E-state index contributed by atoms with van der Waals surface area (Å²) in [4.78, 5) is 2.84. The Morgan fingerprint density at radius 3 is 2.65 bits per heavy atom. The normalized spacial score (nSPS) is 50.5. The van der Waals surface area contributed by atoms with Crippen LogP contribution in [0.3, 0.4) is 0 Å². The molecule has 1 nitrogen and oxygen atoms in total. The van der Waals surface area contributed by atoms with Gasteiger partial charge in [0.05, 0.1) is 0 Å². The van der Waals surface area contributed by atoms with Crippen LogP contribution in [0.4, 0.5) is 0 Å². The molecule has 0 radical (unpaired) electrons. The van der Waals surface area contributed by atoms with Crippen molar-refractivity contribution >= 4 is 0 Å². The number of fused-ring (bicyclic) bond motifs is 6. The number of likely N-dealkylation sites (tertiary alicyclic amines) is 1. The summed E-state index contributed by atoms with van der Waals surface area (Å²) in [6.45, 7) is 8.65. The predicted molar refractivity (Wildman–Crippen MR) is 70.8 cm³/mol. The molecule has 1 aliphatic heterocycles. The molecule has 1 spiro atoms. The molecule has 1 heterocycles. The molecule has 0 aromatic rings. The minimum Gasteiger partial charge on any atom is -0.297 e. The molecule has 2 bridgehead atoms. The van der Waals surface area contributed by atoms with Gasteiger partial charge in [-0.2, -0.15) is 0 Å². The van der Waals surface area contributed by atoms with E-state index in [9.17, 15) is 0 Å². The van der Waals surface area contributed by atoms with Crippen molar-refractivity contribution in [1.29, 1.82) is 0 Å². The third kappa shape index (κ3) is 1.25. The first-order valence-corrected chi connectivity index (χ1v) is 7.92. The second-order valence-corrected chi connectivity index (χ2v) is 7.68. The molecule has 3 saturated carbocycles. The van der Waals surface area contributed by atoms with Gasteiger partial charge >= 0.3 is 0 Å². The molecule has 1 heteroatoms. The summed E-state index contributed by atoms with van der Waals surface area (Å²) in [5.74, 6) is 4.42. The van der Waals surface area contributed by atoms with Crippen LogP contribution in [-0.2, 0) is 0 Å². The van der Waals surface area contributed by atoms with Gasteiger partial charge in [0.25, 0.3) is 0 Å². The highest BCUT2D eigenvalue weighted by molar-refractivity contribution is 5.17. The minimum atomic E-state index is 0.764. The molecule has 3 aliphatic carbocycles. The Hall–Kier alpha value is -0.0400. The van der Waals surface area contributed by atoms with Gasteiger partial charge in [-0.05, 0) is 75.0 Å². The maximum atomic E-state index is 2.84. The average molecular weight is 233 g/mol. The Bertz CT molecular complexity index is 330. The lowest BCUT2D eigenvalue weighted by molar-refractivity contribution is 0.146. The molecular formula is C16H27N. The van der Waals surface area contributed by atoms with E-state index in [0.29, 0.717) is 0 Å². The van der Waals surface area contributed by atoms with Crippen molar-refractivity contribution in [2.75, 3.05) is 6.54 Å². The Morgan fingerprint density at radius 1 is 1.29 bits per heavy atom. The minimum absolute atomic E-state index is 0.764. The third-order valence-corrected chi connectivity index (χ3v) is 6.83. The summed E-state index contributed by atoms with van der Waals surface area (Å²) in [5.41, 5.74) is 0.886. The fraction of sp³-hybridized carbons (Fsp3) is 1.00. The summed E-state index contributed by atoms with van der Waals surface area (Å²) >= 11 is 0. The highest BCUT2D eigenvalue weighted by Crippen LogP contribution is 2.73. The van der Waals surface area contributed by atoms with Crippen LogP contribution in [0.15, 0.2) is 0 Å². The summed E-state index contributed by atoms with van der Waals surface area (Å²) in [7, 11) is 0. The van der Waals surface area contributed by atoms with Crippen molar-refractivity contribution in [3.8, 4) is 0 Å². The molecule has 5 unspecified atom stereocenters. The highest BCUT2D eigenvalue weighted by atomic mass is 15.2. The van der Waals surface area contributed by atoms with Crippen molar-refractivity contribution in [3.63, 3.8) is 0 Å². The van der Waals surface area contributed by atoms with Gasteiger partial charge in [-0.15, -0.1) is 0 Å². The first-order chi connectivity index (χ1) is 8.16. The fourth-order valence-electron chi connectivity index (χ4n) is 6.16. The molecule has 4 aliphatic rings. The monoisotopic (exact) mass is 233 g/mol. The van der Waals surface area contributed by atoms with Gasteiger partial charge in [0.1, 0.15) is 0 Å². The van der Waals surface area contributed by atoms with E-state index >= 15 is 0 Å². The Labute approximate surface area is 106 Å². The van der Waals surface area contributed by atoms with Crippen LogP contribution in [0.25, 0.3) is 0 Å². The molecule has 4 fully saturated rings. The molecule has 0 aromatic carbocycles. The summed E-state index contributed by atoms with van der Waals surface area (Å²) in [6.07, 6.45) is 7.76. The zero-order chi connectivity index (χ0) is 11.8. The largest absolute Gasteiger partial charge is 0.297 e. The van der Waals surface area contributed by atoms with Gasteiger partial charge < -0.3 is 0 Å². The molecule has 0 amide bonds. The number of hydrogen-bond acceptors (Lipinski definition) is 1. The van der Waals surface area contributed by atoms with Crippen LogP contribution >= 0.6 is 0 Å². The maximum Gasteiger partial charge on any atom is 0.0130 e. The van der Waals surface area contributed by atoms with Gasteiger partial charge in [-0.1, -0.05) is 6.92 Å². The number of hydrogen-bond donors (Lipinski definition) is 0. The molecule has 5 atom stereocenters. The molecule has 0 aromatic heterocycles. The smallest absolute Gasteiger partial charge is 0.0130 e. The van der Waals surface area contributed by atoms with E-state index in [1.54, 1.807) is 25.7 Å². The molecule has 4 rings (SSSR count). The topological polar surface area (TPSA) is 3.24 Å². The third-order valence-electron chi connectivity index (χ3n) is 6.83. The maximum absolute atomic E-state index is 2.84. The first-order valence-electron chi connectivity index (χ1n) is 7.92. The Morgan fingerprint density at radius 2 is 2.06 bits per heavy atom. The number of nitrogens with zero attached hydrogens (tertiary/aromatic N) is 1. The quantitative estimate of drug-likeness (QED) is 0.705. The van der Waals surface area contributed by atoms with E-state index in [1.807, 2.05) is 0 Å². The zero-order valence-corrected chi connectivity index (χ0v) is 11.7. The van der Waals surface area contributed by atoms with Crippen molar-refractivity contribution in [1.82, 2.24) is 4.90 Å². The lowest BCUT2D eigenvalue weighted by atomic mass is 9.71. The van der Waals surface area contributed by atoms with Crippen molar-refractivity contribution in [2.45, 2.75) is 65.0 Å². The lowest BCUT2D eigenvalue weighted by Gasteiger charge is -2.34. The molecule has 96 valence electrons. The summed E-state index contributed by atoms with van der Waals surface area (Å²) < 4.78 is 0. The standard InChI is InChI=1S/C16H27N/c1-4-14-15-11-7-13(16(8-11)5-6-16)12(15)9-17(14)10(2)3/h10-15H,4-9H2,1-3H3. The van der Waals surface area contributed by atoms with Crippen LogP contribution in [0, 0.1) is 29.1 Å². The predicted octanol–water partition coefficient (Wildman–Crippen LogP) is 3.54. The van der Waals surface area contributed by atoms with Crippen LogP contribution in [0.1, 0.15) is 52.9 Å². The molecule has 0 N–H and O–H groups in total. The average Bonchev–Trinajstić information content (AvgIpc) is 2.71. The Kier molecular flexibility index (Phi) is 2.10. The van der Waals surface area contributed by atoms with E-state index < -0.39 is 0 Å². The number of rotatable bonds is 2. The van der Waals surface area contributed by atoms with Crippen molar-refractivity contribution < 1.29 is 0 Å². The van der Waals surface area contributed by atoms with E-state index in [4.69, 9.17) is 0 Å². The van der Waals surface area contributed by atoms with E-state index in [0.717, 1.165) is 41.2 Å². The van der Waals surface area contributed by atoms with Crippen molar-refractivity contribution in [2.24, 2.45) is 29.1 Å². The van der Waals surface area contributed by atoms with Gasteiger partial charge in [-0.3, -0.25) is 4.90 Å². The lowest BCUT2D eigenvalue weighted by Crippen LogP contribution is -2.38. The molecular weight excluding hydrogens is 206 g/mol. The van der Waals surface area contributed by atoms with E-state index in [1.165, 1.54) is 13.0 Å². The second kappa shape index (κ2) is 3.29. The van der Waals surface area contributed by atoms with Gasteiger partial charge in [0.2, 0.25) is 0 Å². The SMILES string of the molecule is CCC1C2C3CC(C2CN1C(C)C)C1(CC1)C3. The Balaban J connectivity index is 1.63. The molecule has 1 saturated heterocycles. The van der Waals surface area contributed by atoms with Crippen LogP contribution in [0.5, 0.6) is 0 Å². The van der Waals surface area contributed by atoms with Gasteiger partial charge in [-0.25, -0.2) is 0 Å². The van der Waals surface area contributed by atoms with Crippen molar-refractivity contribution in [3.05, 3.63) is 0 Å². The molecule has 17 heavy (non-hydrogen) atoms. The van der Waals surface area contributed by atoms with Crippen LogP contribution in [-0.4, -0.2) is 23.5 Å². The van der Waals surface area contributed by atoms with Gasteiger partial charge in [0, 0.05) is 18.6 Å². The van der Waals surface area contributed by atoms with Crippen LogP contribution in [0.2, 0.25) is 0 Å². The second-order valence-electron chi connectivity index (χ2n) is 7.68. The summed E-state index contributed by atoms with van der Waals surface area (Å²) in [5, 5.41) is 0. The van der Waals surface area contributed by atoms with Crippen LogP contribution < -0.4 is 0 Å².